The van der Waals surface area contributed by atoms with E-state index in [1.807, 2.05) is 6.92 Å². The van der Waals surface area contributed by atoms with Gasteiger partial charge in [-0.05, 0) is 27.2 Å². The molecule has 2 atom stereocenters. The number of hydrogen-bond acceptors (Lipinski definition) is 4. The van der Waals surface area contributed by atoms with E-state index in [-0.39, 0.29) is 6.04 Å². The van der Waals surface area contributed by atoms with Gasteiger partial charge in [-0.25, -0.2) is 9.00 Å². The van der Waals surface area contributed by atoms with Crippen LogP contribution in [0.5, 0.6) is 0 Å². The van der Waals surface area contributed by atoms with Crippen molar-refractivity contribution in [2.75, 3.05) is 6.61 Å². The first kappa shape index (κ1) is 12.4. The molecule has 1 rings (SSSR count). The van der Waals surface area contributed by atoms with Gasteiger partial charge in [-0.1, -0.05) is 6.92 Å². The molecule has 0 aromatic rings. The van der Waals surface area contributed by atoms with Crippen LogP contribution in [-0.4, -0.2) is 32.9 Å². The molecule has 1 saturated heterocycles. The smallest absolute Gasteiger partial charge is 0.424 e. The minimum Gasteiger partial charge on any atom is -0.443 e. The van der Waals surface area contributed by atoms with Gasteiger partial charge in [0.05, 0.1) is 12.6 Å². The van der Waals surface area contributed by atoms with E-state index in [0.717, 1.165) is 4.31 Å². The lowest BCUT2D eigenvalue weighted by Gasteiger charge is -2.25. The summed E-state index contributed by atoms with van der Waals surface area (Å²) in [6.07, 6.45) is 0.121. The van der Waals surface area contributed by atoms with Crippen LogP contribution in [0.1, 0.15) is 34.1 Å². The summed E-state index contributed by atoms with van der Waals surface area (Å²) in [6.45, 7) is 7.53. The number of carbonyl (C=O) groups excluding carboxylic acids is 1. The van der Waals surface area contributed by atoms with Crippen molar-refractivity contribution in [2.24, 2.45) is 0 Å². The molecule has 1 amide bonds. The van der Waals surface area contributed by atoms with E-state index in [4.69, 9.17) is 8.92 Å². The molecule has 5 nitrogen and oxygen atoms in total. The molecule has 1 aliphatic rings. The minimum absolute atomic E-state index is 0.152. The van der Waals surface area contributed by atoms with Crippen LogP contribution in [0.15, 0.2) is 0 Å². The van der Waals surface area contributed by atoms with Crippen molar-refractivity contribution in [1.82, 2.24) is 4.31 Å². The molecule has 2 unspecified atom stereocenters. The van der Waals surface area contributed by atoms with Crippen molar-refractivity contribution in [3.63, 3.8) is 0 Å². The highest BCUT2D eigenvalue weighted by Crippen LogP contribution is 2.21. The molecule has 15 heavy (non-hydrogen) atoms. The van der Waals surface area contributed by atoms with Crippen molar-refractivity contribution in [1.29, 1.82) is 0 Å². The standard InChI is InChI=1S/C9H17NO4S/c1-5-7-6-13-15(12)10(7)8(11)14-9(2,3)4/h7H,5-6H2,1-4H3. The summed E-state index contributed by atoms with van der Waals surface area (Å²) in [4.78, 5) is 11.7. The first-order valence-electron chi connectivity index (χ1n) is 4.92. The van der Waals surface area contributed by atoms with Crippen molar-refractivity contribution < 1.29 is 17.9 Å². The van der Waals surface area contributed by atoms with Gasteiger partial charge in [0.1, 0.15) is 5.60 Å². The maximum absolute atomic E-state index is 11.7. The average molecular weight is 235 g/mol. The van der Waals surface area contributed by atoms with E-state index in [9.17, 15) is 9.00 Å². The lowest BCUT2D eigenvalue weighted by Crippen LogP contribution is -2.40. The number of rotatable bonds is 1. The largest absolute Gasteiger partial charge is 0.443 e. The van der Waals surface area contributed by atoms with Crippen LogP contribution in [0.2, 0.25) is 0 Å². The van der Waals surface area contributed by atoms with Crippen LogP contribution in [0.4, 0.5) is 4.79 Å². The molecule has 0 spiro atoms. The SMILES string of the molecule is CCC1COS(=O)N1C(=O)OC(C)(C)C. The van der Waals surface area contributed by atoms with E-state index >= 15 is 0 Å². The Labute approximate surface area is 92.5 Å². The predicted molar refractivity (Wildman–Crippen MR) is 56.2 cm³/mol. The summed E-state index contributed by atoms with van der Waals surface area (Å²) < 4.78 is 22.6. The maximum atomic E-state index is 11.7. The van der Waals surface area contributed by atoms with Crippen LogP contribution in [-0.2, 0) is 20.2 Å². The molecule has 0 aromatic carbocycles. The molecule has 0 aliphatic carbocycles. The Morgan fingerprint density at radius 1 is 1.60 bits per heavy atom. The van der Waals surface area contributed by atoms with E-state index < -0.39 is 23.0 Å². The molecule has 88 valence electrons. The Morgan fingerprint density at radius 3 is 2.67 bits per heavy atom. The van der Waals surface area contributed by atoms with Crippen molar-refractivity contribution >= 4 is 17.4 Å². The zero-order valence-electron chi connectivity index (χ0n) is 9.48. The van der Waals surface area contributed by atoms with Crippen molar-refractivity contribution in [3.05, 3.63) is 0 Å². The molecule has 1 fully saturated rings. The first-order chi connectivity index (χ1) is 6.85. The quantitative estimate of drug-likeness (QED) is 0.693. The lowest BCUT2D eigenvalue weighted by atomic mass is 10.2. The molecule has 0 bridgehead atoms. The van der Waals surface area contributed by atoms with Crippen LogP contribution in [0.3, 0.4) is 0 Å². The monoisotopic (exact) mass is 235 g/mol. The molecule has 1 heterocycles. The normalized spacial score (nSPS) is 26.8. The second-order valence-corrected chi connectivity index (χ2v) is 5.43. The Kier molecular flexibility index (Phi) is 3.72. The number of hydrogen-bond donors (Lipinski definition) is 0. The van der Waals surface area contributed by atoms with Gasteiger partial charge in [-0.2, -0.15) is 4.31 Å². The van der Waals surface area contributed by atoms with Gasteiger partial charge < -0.3 is 4.74 Å². The molecule has 0 radical (unpaired) electrons. The Bertz CT molecular complexity index is 274. The number of carbonyl (C=O) groups is 1. The second kappa shape index (κ2) is 4.49. The second-order valence-electron chi connectivity index (χ2n) is 4.37. The summed E-state index contributed by atoms with van der Waals surface area (Å²) in [5.41, 5.74) is -0.581. The van der Waals surface area contributed by atoms with Gasteiger partial charge in [0.25, 0.3) is 11.3 Å². The Hall–Kier alpha value is -0.620. The average Bonchev–Trinajstić information content (AvgIpc) is 2.43. The zero-order valence-corrected chi connectivity index (χ0v) is 10.3. The molecule has 0 aromatic heterocycles. The highest BCUT2D eigenvalue weighted by Gasteiger charge is 2.38. The fourth-order valence-corrected chi connectivity index (χ4v) is 2.18. The van der Waals surface area contributed by atoms with Gasteiger partial charge in [0.2, 0.25) is 0 Å². The predicted octanol–water partition coefficient (Wildman–Crippen LogP) is 1.61. The summed E-state index contributed by atoms with van der Waals surface area (Å²) in [5.74, 6) is 0. The first-order valence-corrected chi connectivity index (χ1v) is 5.95. The topological polar surface area (TPSA) is 55.8 Å². The minimum atomic E-state index is -1.70. The highest BCUT2D eigenvalue weighted by atomic mass is 32.2. The zero-order chi connectivity index (χ0) is 11.6. The van der Waals surface area contributed by atoms with Crippen LogP contribution in [0.25, 0.3) is 0 Å². The third kappa shape index (κ3) is 3.17. The van der Waals surface area contributed by atoms with Gasteiger partial charge >= 0.3 is 6.09 Å². The van der Waals surface area contributed by atoms with E-state index in [2.05, 4.69) is 0 Å². The Morgan fingerprint density at radius 2 is 2.20 bits per heavy atom. The van der Waals surface area contributed by atoms with Crippen molar-refractivity contribution in [2.45, 2.75) is 45.8 Å². The maximum Gasteiger partial charge on any atom is 0.424 e. The van der Waals surface area contributed by atoms with E-state index in [1.54, 1.807) is 20.8 Å². The van der Waals surface area contributed by atoms with Crippen molar-refractivity contribution in [3.8, 4) is 0 Å². The molecular formula is C9H17NO4S. The fraction of sp³-hybridized carbons (Fsp3) is 0.889. The molecule has 1 aliphatic heterocycles. The summed E-state index contributed by atoms with van der Waals surface area (Å²) in [5, 5.41) is 0. The number of amides is 1. The van der Waals surface area contributed by atoms with Gasteiger partial charge in [0.15, 0.2) is 0 Å². The van der Waals surface area contributed by atoms with Gasteiger partial charge in [0, 0.05) is 0 Å². The highest BCUT2D eigenvalue weighted by molar-refractivity contribution is 7.78. The summed E-state index contributed by atoms with van der Waals surface area (Å²) in [6, 6.07) is -0.152. The van der Waals surface area contributed by atoms with E-state index in [1.165, 1.54) is 0 Å². The summed E-state index contributed by atoms with van der Waals surface area (Å²) >= 11 is -1.70. The van der Waals surface area contributed by atoms with Crippen LogP contribution >= 0.6 is 0 Å². The van der Waals surface area contributed by atoms with Crippen LogP contribution < -0.4 is 0 Å². The molecule has 0 N–H and O–H groups in total. The molecular weight excluding hydrogens is 218 g/mol. The van der Waals surface area contributed by atoms with Crippen LogP contribution in [0, 0.1) is 0 Å². The number of ether oxygens (including phenoxy) is 1. The third-order valence-corrected chi connectivity index (χ3v) is 3.00. The van der Waals surface area contributed by atoms with Gasteiger partial charge in [-0.3, -0.25) is 4.18 Å². The third-order valence-electron chi connectivity index (χ3n) is 1.90. The Balaban J connectivity index is 2.69. The van der Waals surface area contributed by atoms with Gasteiger partial charge in [-0.15, -0.1) is 0 Å². The summed E-state index contributed by atoms with van der Waals surface area (Å²) in [7, 11) is 0. The number of nitrogens with zero attached hydrogens (tertiary/aromatic N) is 1. The fourth-order valence-electron chi connectivity index (χ4n) is 1.18. The molecule has 6 heteroatoms. The lowest BCUT2D eigenvalue weighted by molar-refractivity contribution is 0.0361. The molecule has 0 saturated carbocycles. The van der Waals surface area contributed by atoms with E-state index in [0.29, 0.717) is 13.0 Å².